The predicted molar refractivity (Wildman–Crippen MR) is 128 cm³/mol. The molecule has 1 fully saturated rings. The lowest BCUT2D eigenvalue weighted by Gasteiger charge is -2.26. The number of ether oxygens (including phenoxy) is 1. The fraction of sp³-hybridized carbons (Fsp3) is 0.360. The first-order valence-electron chi connectivity index (χ1n) is 10.8. The molecule has 3 rings (SSSR count). The minimum Gasteiger partial charge on any atom is -0.492 e. The zero-order chi connectivity index (χ0) is 22.1. The Morgan fingerprint density at radius 1 is 1.06 bits per heavy atom. The summed E-state index contributed by atoms with van der Waals surface area (Å²) in [5.74, 6) is 0.831. The van der Waals surface area contributed by atoms with Crippen molar-refractivity contribution >= 4 is 24.1 Å². The largest absolute Gasteiger partial charge is 0.492 e. The number of anilines is 1. The van der Waals surface area contributed by atoms with E-state index in [2.05, 4.69) is 16.6 Å². The highest BCUT2D eigenvalue weighted by atomic mass is 16.5. The van der Waals surface area contributed by atoms with E-state index in [9.17, 15) is 4.79 Å². The van der Waals surface area contributed by atoms with Crippen LogP contribution >= 0.6 is 0 Å². The van der Waals surface area contributed by atoms with Crippen LogP contribution < -0.4 is 9.64 Å². The van der Waals surface area contributed by atoms with Gasteiger partial charge in [0.05, 0.1) is 5.70 Å². The van der Waals surface area contributed by atoms with Gasteiger partial charge in [0.2, 0.25) is 0 Å². The van der Waals surface area contributed by atoms with Crippen LogP contribution in [-0.4, -0.2) is 62.9 Å². The third kappa shape index (κ3) is 6.43. The average Bonchev–Trinajstić information content (AvgIpc) is 2.83. The van der Waals surface area contributed by atoms with Gasteiger partial charge in [-0.3, -0.25) is 14.8 Å². The molecule has 1 aliphatic heterocycles. The molecule has 2 amide bonds. The fourth-order valence-electron chi connectivity index (χ4n) is 3.64. The van der Waals surface area contributed by atoms with E-state index in [0.717, 1.165) is 23.5 Å². The molecule has 0 saturated carbocycles. The second kappa shape index (κ2) is 11.3. The lowest BCUT2D eigenvalue weighted by atomic mass is 10.1. The molecule has 0 radical (unpaired) electrons. The van der Waals surface area contributed by atoms with Crippen LogP contribution in [0.3, 0.4) is 0 Å². The maximum absolute atomic E-state index is 12.8. The molecule has 1 saturated heterocycles. The van der Waals surface area contributed by atoms with E-state index in [0.29, 0.717) is 12.3 Å². The number of para-hydroxylation sites is 1. The average molecular weight is 421 g/mol. The molecule has 0 bridgehead atoms. The number of nitrogens with zero attached hydrogens (tertiary/aromatic N) is 4. The van der Waals surface area contributed by atoms with Crippen LogP contribution in [-0.2, 0) is 0 Å². The van der Waals surface area contributed by atoms with Crippen molar-refractivity contribution in [2.45, 2.75) is 19.3 Å². The first-order chi connectivity index (χ1) is 15.1. The van der Waals surface area contributed by atoms with Gasteiger partial charge in [0, 0.05) is 38.1 Å². The molecule has 0 N–H and O–H groups in total. The van der Waals surface area contributed by atoms with Gasteiger partial charge in [-0.25, -0.2) is 4.79 Å². The zero-order valence-corrected chi connectivity index (χ0v) is 18.5. The summed E-state index contributed by atoms with van der Waals surface area (Å²) in [4.78, 5) is 22.4. The van der Waals surface area contributed by atoms with Crippen molar-refractivity contribution in [3.63, 3.8) is 0 Å². The number of hydrogen-bond donors (Lipinski definition) is 0. The van der Waals surface area contributed by atoms with E-state index in [1.54, 1.807) is 25.2 Å². The van der Waals surface area contributed by atoms with E-state index < -0.39 is 0 Å². The molecule has 164 valence electrons. The molecule has 6 heteroatoms. The van der Waals surface area contributed by atoms with E-state index in [1.807, 2.05) is 54.6 Å². The Bertz CT molecular complexity index is 874. The molecule has 31 heavy (non-hydrogen) atoms. The lowest BCUT2D eigenvalue weighted by Crippen LogP contribution is -2.35. The summed E-state index contributed by atoms with van der Waals surface area (Å²) < 4.78 is 5.90. The highest BCUT2D eigenvalue weighted by Gasteiger charge is 2.15. The van der Waals surface area contributed by atoms with Crippen LogP contribution in [0, 0.1) is 0 Å². The molecule has 0 spiro atoms. The standard InChI is InChI=1S/C25H32N4O2/c1-26-24(20-27(2)25(30)28(3)22-10-6-4-7-11-22)21-12-14-23(15-13-21)31-19-18-29-16-8-5-9-17-29/h4,6-7,10-15,20H,1,5,8-9,16-19H2,2-3H3. The van der Waals surface area contributed by atoms with Crippen LogP contribution in [0.5, 0.6) is 5.75 Å². The van der Waals surface area contributed by atoms with Gasteiger partial charge < -0.3 is 9.64 Å². The summed E-state index contributed by atoms with van der Waals surface area (Å²) in [5.41, 5.74) is 2.32. The Kier molecular flexibility index (Phi) is 8.24. The van der Waals surface area contributed by atoms with Gasteiger partial charge in [0.1, 0.15) is 12.4 Å². The number of likely N-dealkylation sites (tertiary alicyclic amines) is 1. The van der Waals surface area contributed by atoms with Crippen molar-refractivity contribution < 1.29 is 9.53 Å². The SMILES string of the molecule is C=NC(=CN(C)C(=O)N(C)c1ccccc1)c1ccc(OCCN2CCCCC2)cc1. The van der Waals surface area contributed by atoms with Gasteiger partial charge in [0.25, 0.3) is 0 Å². The van der Waals surface area contributed by atoms with E-state index >= 15 is 0 Å². The molecule has 0 aromatic heterocycles. The third-order valence-electron chi connectivity index (χ3n) is 5.49. The smallest absolute Gasteiger partial charge is 0.328 e. The van der Waals surface area contributed by atoms with Crippen LogP contribution in [0.1, 0.15) is 24.8 Å². The van der Waals surface area contributed by atoms with Crippen LogP contribution in [0.15, 0.2) is 65.8 Å². The number of aliphatic imine (C=N–C) groups is 1. The number of hydrogen-bond acceptors (Lipinski definition) is 4. The molecular weight excluding hydrogens is 388 g/mol. The molecule has 1 aliphatic rings. The summed E-state index contributed by atoms with van der Waals surface area (Å²) in [7, 11) is 3.46. The molecule has 1 heterocycles. The highest BCUT2D eigenvalue weighted by Crippen LogP contribution is 2.21. The number of carbonyl (C=O) groups is 1. The van der Waals surface area contributed by atoms with Crippen LogP contribution in [0.4, 0.5) is 10.5 Å². The second-order valence-corrected chi connectivity index (χ2v) is 7.74. The number of carbonyl (C=O) groups excluding carboxylic acids is 1. The topological polar surface area (TPSA) is 48.4 Å². The number of rotatable bonds is 8. The zero-order valence-electron chi connectivity index (χ0n) is 18.5. The van der Waals surface area contributed by atoms with Gasteiger partial charge in [-0.2, -0.15) is 0 Å². The fourth-order valence-corrected chi connectivity index (χ4v) is 3.64. The van der Waals surface area contributed by atoms with Crippen LogP contribution in [0.2, 0.25) is 0 Å². The monoisotopic (exact) mass is 420 g/mol. The van der Waals surface area contributed by atoms with Crippen molar-refractivity contribution in [2.24, 2.45) is 4.99 Å². The summed E-state index contributed by atoms with van der Waals surface area (Å²) >= 11 is 0. The molecule has 0 atom stereocenters. The lowest BCUT2D eigenvalue weighted by molar-refractivity contribution is 0.183. The van der Waals surface area contributed by atoms with Crippen molar-refractivity contribution in [3.8, 4) is 5.75 Å². The predicted octanol–water partition coefficient (Wildman–Crippen LogP) is 4.74. The summed E-state index contributed by atoms with van der Waals surface area (Å²) in [5, 5.41) is 0. The van der Waals surface area contributed by atoms with Crippen molar-refractivity contribution in [1.29, 1.82) is 0 Å². The number of urea groups is 1. The van der Waals surface area contributed by atoms with Gasteiger partial charge in [-0.15, -0.1) is 0 Å². The molecule has 2 aromatic carbocycles. The molecule has 0 unspecified atom stereocenters. The quantitative estimate of drug-likeness (QED) is 0.580. The third-order valence-corrected chi connectivity index (χ3v) is 5.49. The summed E-state index contributed by atoms with van der Waals surface area (Å²) in [6, 6.07) is 17.1. The van der Waals surface area contributed by atoms with Crippen molar-refractivity contribution in [2.75, 3.05) is 45.2 Å². The van der Waals surface area contributed by atoms with Gasteiger partial charge in [0.15, 0.2) is 0 Å². The molecular formula is C25H32N4O2. The maximum Gasteiger partial charge on any atom is 0.328 e. The first-order valence-corrected chi connectivity index (χ1v) is 10.8. The summed E-state index contributed by atoms with van der Waals surface area (Å²) in [6.07, 6.45) is 5.61. The number of amides is 2. The molecule has 0 aliphatic carbocycles. The number of piperidine rings is 1. The van der Waals surface area contributed by atoms with Gasteiger partial charge in [-0.1, -0.05) is 24.6 Å². The number of benzene rings is 2. The second-order valence-electron chi connectivity index (χ2n) is 7.74. The highest BCUT2D eigenvalue weighted by molar-refractivity contribution is 5.92. The van der Waals surface area contributed by atoms with Crippen LogP contribution in [0.25, 0.3) is 5.70 Å². The maximum atomic E-state index is 12.8. The Labute approximate surface area is 185 Å². The Morgan fingerprint density at radius 2 is 1.74 bits per heavy atom. The Balaban J connectivity index is 1.58. The normalized spacial score (nSPS) is 14.7. The van der Waals surface area contributed by atoms with Gasteiger partial charge >= 0.3 is 6.03 Å². The van der Waals surface area contributed by atoms with Crippen molar-refractivity contribution in [1.82, 2.24) is 9.80 Å². The Hall–Kier alpha value is -3.12. The Morgan fingerprint density at radius 3 is 2.39 bits per heavy atom. The molecule has 6 nitrogen and oxygen atoms in total. The first kappa shape index (κ1) is 22.6. The van der Waals surface area contributed by atoms with Crippen molar-refractivity contribution in [3.05, 3.63) is 66.4 Å². The minimum absolute atomic E-state index is 0.162. The van der Waals surface area contributed by atoms with E-state index in [1.165, 1.54) is 37.3 Å². The molecule has 2 aromatic rings. The minimum atomic E-state index is -0.162. The van der Waals surface area contributed by atoms with E-state index in [-0.39, 0.29) is 6.03 Å². The summed E-state index contributed by atoms with van der Waals surface area (Å²) in [6.45, 7) is 7.66. The van der Waals surface area contributed by atoms with E-state index in [4.69, 9.17) is 4.74 Å². The van der Waals surface area contributed by atoms with Gasteiger partial charge in [-0.05, 0) is 69.0 Å².